The van der Waals surface area contributed by atoms with Crippen molar-refractivity contribution in [2.45, 2.75) is 33.1 Å². The van der Waals surface area contributed by atoms with E-state index in [-0.39, 0.29) is 27.9 Å². The molecule has 5 aromatic rings. The first-order chi connectivity index (χ1) is 25.6. The smallest absolute Gasteiger partial charge is 0.265 e. The van der Waals surface area contributed by atoms with Crippen LogP contribution in [-0.2, 0) is 11.2 Å². The third kappa shape index (κ3) is 6.78. The van der Waals surface area contributed by atoms with Crippen molar-refractivity contribution in [3.8, 4) is 10.6 Å². The van der Waals surface area contributed by atoms with Gasteiger partial charge < -0.3 is 25.2 Å². The van der Waals surface area contributed by atoms with Crippen molar-refractivity contribution in [2.24, 2.45) is 5.41 Å². The summed E-state index contributed by atoms with van der Waals surface area (Å²) in [6.07, 6.45) is 4.29. The minimum Gasteiger partial charge on any atom is -0.381 e. The molecule has 270 valence electrons. The maximum atomic E-state index is 14.4. The molecule has 13 heteroatoms. The van der Waals surface area contributed by atoms with Gasteiger partial charge in [0.05, 0.1) is 31.7 Å². The van der Waals surface area contributed by atoms with E-state index < -0.39 is 11.7 Å². The largest absolute Gasteiger partial charge is 0.381 e. The monoisotopic (exact) mass is 750 g/mol. The molecule has 3 aliphatic heterocycles. The third-order valence-corrected chi connectivity index (χ3v) is 11.6. The van der Waals surface area contributed by atoms with Gasteiger partial charge in [0.15, 0.2) is 0 Å². The zero-order chi connectivity index (χ0) is 36.9. The summed E-state index contributed by atoms with van der Waals surface area (Å²) in [5.41, 5.74) is 5.39. The first-order valence-electron chi connectivity index (χ1n) is 17.5. The van der Waals surface area contributed by atoms with E-state index in [2.05, 4.69) is 20.5 Å². The lowest BCUT2D eigenvalue weighted by Gasteiger charge is -2.53. The Morgan fingerprint density at radius 2 is 1.74 bits per heavy atom. The molecule has 0 saturated carbocycles. The lowest BCUT2D eigenvalue weighted by Crippen LogP contribution is -2.59. The predicted molar refractivity (Wildman–Crippen MR) is 205 cm³/mol. The van der Waals surface area contributed by atoms with Gasteiger partial charge >= 0.3 is 0 Å². The van der Waals surface area contributed by atoms with Crippen molar-refractivity contribution in [1.82, 2.24) is 9.97 Å². The van der Waals surface area contributed by atoms with Gasteiger partial charge in [-0.2, -0.15) is 0 Å². The van der Waals surface area contributed by atoms with Gasteiger partial charge in [0.1, 0.15) is 17.3 Å². The number of nitrogens with zero attached hydrogens (tertiary/aromatic N) is 4. The molecular weight excluding hydrogens is 715 g/mol. The Hall–Kier alpha value is -5.17. The predicted octanol–water partition coefficient (Wildman–Crippen LogP) is 7.94. The Bertz CT molecular complexity index is 2240. The molecule has 2 fully saturated rings. The molecule has 3 aliphatic rings. The normalized spacial score (nSPS) is 15.9. The highest BCUT2D eigenvalue weighted by Gasteiger charge is 2.45. The number of thiophene rings is 1. The number of carbonyl (C=O) groups excluding carboxylic acids is 3. The first kappa shape index (κ1) is 34.9. The van der Waals surface area contributed by atoms with Crippen LogP contribution in [0.3, 0.4) is 0 Å². The number of anilines is 4. The Kier molecular flexibility index (Phi) is 9.21. The van der Waals surface area contributed by atoms with Crippen LogP contribution < -0.4 is 20.4 Å². The molecule has 0 bridgehead atoms. The molecule has 8 rings (SSSR count). The maximum absolute atomic E-state index is 14.4. The number of amides is 3. The fraction of sp³-hybridized carbons (Fsp3) is 0.275. The lowest BCUT2D eigenvalue weighted by molar-refractivity contribution is -0.000511. The van der Waals surface area contributed by atoms with Crippen LogP contribution in [0.2, 0.25) is 5.02 Å². The minimum absolute atomic E-state index is 0.0771. The van der Waals surface area contributed by atoms with Crippen LogP contribution in [0.5, 0.6) is 0 Å². The first-order valence-corrected chi connectivity index (χ1v) is 18.7. The number of hydrogen-bond acceptors (Lipinski definition) is 8. The quantitative estimate of drug-likeness (QED) is 0.181. The van der Waals surface area contributed by atoms with Crippen LogP contribution in [0.15, 0.2) is 72.9 Å². The fourth-order valence-corrected chi connectivity index (χ4v) is 8.60. The number of para-hydroxylation sites is 1. The molecule has 3 amide bonds. The van der Waals surface area contributed by atoms with E-state index in [0.29, 0.717) is 51.9 Å². The highest BCUT2D eigenvalue weighted by Crippen LogP contribution is 2.43. The van der Waals surface area contributed by atoms with Crippen molar-refractivity contribution < 1.29 is 23.5 Å². The number of ether oxygens (including phenoxy) is 1. The van der Waals surface area contributed by atoms with Crippen LogP contribution in [0, 0.1) is 25.1 Å². The van der Waals surface area contributed by atoms with Crippen molar-refractivity contribution in [3.05, 3.63) is 117 Å². The topological polar surface area (TPSA) is 117 Å². The van der Waals surface area contributed by atoms with E-state index in [9.17, 15) is 18.8 Å². The van der Waals surface area contributed by atoms with E-state index in [1.165, 1.54) is 29.5 Å². The molecular formula is C40H36ClFN6O4S. The Balaban J connectivity index is 0.990. The Morgan fingerprint density at radius 1 is 0.962 bits per heavy atom. The second-order valence-electron chi connectivity index (χ2n) is 13.9. The molecule has 2 aromatic carbocycles. The van der Waals surface area contributed by atoms with Crippen LogP contribution in [0.4, 0.5) is 27.3 Å². The van der Waals surface area contributed by atoms with Gasteiger partial charge in [-0.3, -0.25) is 19.4 Å². The molecule has 53 heavy (non-hydrogen) atoms. The summed E-state index contributed by atoms with van der Waals surface area (Å²) < 4.78 is 20.0. The highest BCUT2D eigenvalue weighted by molar-refractivity contribution is 7.17. The summed E-state index contributed by atoms with van der Waals surface area (Å²) in [4.78, 5) is 55.4. The summed E-state index contributed by atoms with van der Waals surface area (Å²) >= 11 is 7.38. The zero-order valence-electron chi connectivity index (χ0n) is 29.2. The Labute approximate surface area is 315 Å². The summed E-state index contributed by atoms with van der Waals surface area (Å²) in [7, 11) is 0. The summed E-state index contributed by atoms with van der Waals surface area (Å²) in [6.45, 7) is 7.38. The summed E-state index contributed by atoms with van der Waals surface area (Å²) in [5, 5.41) is 5.71. The van der Waals surface area contributed by atoms with E-state index in [1.807, 2.05) is 32.0 Å². The summed E-state index contributed by atoms with van der Waals surface area (Å²) in [6, 6.07) is 18.4. The van der Waals surface area contributed by atoms with Gasteiger partial charge in [0.2, 0.25) is 0 Å². The average Bonchev–Trinajstić information content (AvgIpc) is 3.51. The molecule has 3 aromatic heterocycles. The van der Waals surface area contributed by atoms with Gasteiger partial charge in [-0.1, -0.05) is 17.7 Å². The number of fused-ring (bicyclic) bond motifs is 3. The maximum Gasteiger partial charge on any atom is 0.265 e. The van der Waals surface area contributed by atoms with Gasteiger partial charge in [0, 0.05) is 61.4 Å². The van der Waals surface area contributed by atoms with Crippen LogP contribution in [-0.4, -0.2) is 60.5 Å². The van der Waals surface area contributed by atoms with E-state index in [0.717, 1.165) is 60.8 Å². The highest BCUT2D eigenvalue weighted by atomic mass is 35.5. The number of aromatic nitrogens is 2. The summed E-state index contributed by atoms with van der Waals surface area (Å²) in [5.74, 6) is -0.913. The second-order valence-corrected chi connectivity index (χ2v) is 15.4. The molecule has 6 heterocycles. The number of nitrogens with one attached hydrogen (secondary N) is 2. The zero-order valence-corrected chi connectivity index (χ0v) is 30.7. The lowest BCUT2D eigenvalue weighted by atomic mass is 9.73. The van der Waals surface area contributed by atoms with E-state index in [4.69, 9.17) is 21.3 Å². The number of rotatable bonds is 6. The van der Waals surface area contributed by atoms with Crippen molar-refractivity contribution in [3.63, 3.8) is 0 Å². The van der Waals surface area contributed by atoms with Gasteiger partial charge in [-0.05, 0) is 105 Å². The van der Waals surface area contributed by atoms with Gasteiger partial charge in [0.25, 0.3) is 17.7 Å². The van der Waals surface area contributed by atoms with Crippen molar-refractivity contribution in [1.29, 1.82) is 0 Å². The van der Waals surface area contributed by atoms with Crippen molar-refractivity contribution >= 4 is 63.5 Å². The van der Waals surface area contributed by atoms with Crippen molar-refractivity contribution in [2.75, 3.05) is 53.3 Å². The molecule has 2 N–H and O–H groups in total. The average molecular weight is 751 g/mol. The van der Waals surface area contributed by atoms with Crippen LogP contribution in [0.25, 0.3) is 10.6 Å². The molecule has 10 nitrogen and oxygen atoms in total. The SMILES string of the molecule is Cc1cnc(N2CC3(CCOCC3)C2)c(C(=O)Nc2ccc(C(=O)N3CCc4cc(C(=O)Nc5c(F)cccc5Cl)sc4-c4nc(C)ccc43)cc2)c1. The Morgan fingerprint density at radius 3 is 2.49 bits per heavy atom. The van der Waals surface area contributed by atoms with Crippen LogP contribution >= 0.6 is 22.9 Å². The van der Waals surface area contributed by atoms with Crippen LogP contribution in [0.1, 0.15) is 60.1 Å². The number of benzene rings is 2. The number of carbonyl (C=O) groups is 3. The molecule has 0 atom stereocenters. The molecule has 0 radical (unpaired) electrons. The third-order valence-electron chi connectivity index (χ3n) is 10.1. The minimum atomic E-state index is -0.625. The van der Waals surface area contributed by atoms with Gasteiger partial charge in [-0.15, -0.1) is 11.3 Å². The number of halogens is 2. The molecule has 0 aliphatic carbocycles. The number of hydrogen-bond donors (Lipinski definition) is 2. The molecule has 0 unspecified atom stereocenters. The molecule has 1 spiro atoms. The van der Waals surface area contributed by atoms with Gasteiger partial charge in [-0.25, -0.2) is 9.37 Å². The second kappa shape index (κ2) is 14.0. The number of pyridine rings is 2. The fourth-order valence-electron chi connectivity index (χ4n) is 7.28. The number of aryl methyl sites for hydroxylation is 2. The van der Waals surface area contributed by atoms with E-state index in [1.54, 1.807) is 41.4 Å². The molecule has 2 saturated heterocycles. The van der Waals surface area contributed by atoms with E-state index >= 15 is 0 Å². The standard InChI is InChI=1S/C40H36ClFN6O4S/c1-23-18-28(36(43-20-23)47-21-40(22-47)13-16-52-17-14-40)37(49)45-27-9-7-25(8-10-27)39(51)48-15-12-26-19-32(38(50)46-33-29(41)4-3-5-30(33)42)53-35(26)34-31(48)11-6-24(2)44-34/h3-11,18-20H,12-17,21-22H2,1-2H3,(H,45,49)(H,46,50).